The molecule has 0 radical (unpaired) electrons. The number of carbonyl (C=O) groups is 1. The number of hydrogen-bond donors (Lipinski definition) is 2. The fourth-order valence-corrected chi connectivity index (χ4v) is 1.14. The van der Waals surface area contributed by atoms with Crippen LogP contribution in [0.25, 0.3) is 0 Å². The monoisotopic (exact) mass is 195 g/mol. The van der Waals surface area contributed by atoms with Gasteiger partial charge in [0.05, 0.1) is 18.8 Å². The van der Waals surface area contributed by atoms with Gasteiger partial charge < -0.3 is 15.6 Å². The summed E-state index contributed by atoms with van der Waals surface area (Å²) in [5.74, 6) is -0.422. The molecule has 0 saturated carbocycles. The molecule has 0 aromatic heterocycles. The van der Waals surface area contributed by atoms with Gasteiger partial charge in [0.15, 0.2) is 0 Å². The summed E-state index contributed by atoms with van der Waals surface area (Å²) in [5, 5.41) is 8.89. The molecule has 0 fully saturated rings. The van der Waals surface area contributed by atoms with Crippen molar-refractivity contribution in [3.63, 3.8) is 0 Å². The fourth-order valence-electron chi connectivity index (χ4n) is 1.14. The van der Waals surface area contributed by atoms with Gasteiger partial charge in [0.2, 0.25) is 0 Å². The smallest absolute Gasteiger partial charge is 0.338 e. The van der Waals surface area contributed by atoms with Crippen LogP contribution < -0.4 is 5.73 Å². The van der Waals surface area contributed by atoms with E-state index in [1.807, 2.05) is 0 Å². The molecule has 0 amide bonds. The van der Waals surface area contributed by atoms with Gasteiger partial charge in [-0.1, -0.05) is 0 Å². The van der Waals surface area contributed by atoms with E-state index in [2.05, 4.69) is 0 Å². The van der Waals surface area contributed by atoms with E-state index in [4.69, 9.17) is 15.6 Å². The summed E-state index contributed by atoms with van der Waals surface area (Å²) < 4.78 is 4.81. The summed E-state index contributed by atoms with van der Waals surface area (Å²) in [6.07, 6.45) is 0. The van der Waals surface area contributed by atoms with Gasteiger partial charge in [-0.25, -0.2) is 4.79 Å². The molecule has 14 heavy (non-hydrogen) atoms. The number of anilines is 1. The first-order chi connectivity index (χ1) is 6.67. The standard InChI is InChI=1S/C10H13NO3/c1-2-14-10(13)8-3-7(6-12)4-9(11)5-8/h3-5,12H,2,6,11H2,1H3. The lowest BCUT2D eigenvalue weighted by Crippen LogP contribution is -2.06. The lowest BCUT2D eigenvalue weighted by Gasteiger charge is -2.05. The molecule has 0 unspecified atom stereocenters. The Labute approximate surface area is 82.3 Å². The molecule has 1 aromatic carbocycles. The number of nitrogens with two attached hydrogens (primary N) is 1. The number of hydrogen-bond acceptors (Lipinski definition) is 4. The Hall–Kier alpha value is -1.55. The normalized spacial score (nSPS) is 9.86. The third-order valence-electron chi connectivity index (χ3n) is 1.71. The summed E-state index contributed by atoms with van der Waals surface area (Å²) in [6, 6.07) is 4.70. The molecule has 0 aliphatic carbocycles. The first kappa shape index (κ1) is 10.5. The third kappa shape index (κ3) is 2.47. The van der Waals surface area contributed by atoms with Crippen molar-refractivity contribution in [2.24, 2.45) is 0 Å². The Morgan fingerprint density at radius 3 is 2.79 bits per heavy atom. The van der Waals surface area contributed by atoms with Gasteiger partial charge in [0.1, 0.15) is 0 Å². The van der Waals surface area contributed by atoms with Crippen LogP contribution in [0.4, 0.5) is 5.69 Å². The highest BCUT2D eigenvalue weighted by Crippen LogP contribution is 2.13. The number of carbonyl (C=O) groups excluding carboxylic acids is 1. The molecular formula is C10H13NO3. The van der Waals surface area contributed by atoms with Gasteiger partial charge in [0.25, 0.3) is 0 Å². The second-order valence-corrected chi connectivity index (χ2v) is 2.84. The fraction of sp³-hybridized carbons (Fsp3) is 0.300. The van der Waals surface area contributed by atoms with E-state index in [1.54, 1.807) is 19.1 Å². The molecular weight excluding hydrogens is 182 g/mol. The van der Waals surface area contributed by atoms with E-state index in [0.717, 1.165) is 0 Å². The summed E-state index contributed by atoms with van der Waals surface area (Å²) in [5.41, 5.74) is 6.97. The molecule has 0 aliphatic heterocycles. The maximum Gasteiger partial charge on any atom is 0.338 e. The predicted octanol–water partition coefficient (Wildman–Crippen LogP) is 0.938. The summed E-state index contributed by atoms with van der Waals surface area (Å²) in [6.45, 7) is 1.91. The first-order valence-corrected chi connectivity index (χ1v) is 4.34. The van der Waals surface area contributed by atoms with Crippen molar-refractivity contribution >= 4 is 11.7 Å². The highest BCUT2D eigenvalue weighted by molar-refractivity contribution is 5.90. The number of benzene rings is 1. The van der Waals surface area contributed by atoms with Crippen molar-refractivity contribution in [1.82, 2.24) is 0 Å². The van der Waals surface area contributed by atoms with E-state index >= 15 is 0 Å². The molecule has 3 N–H and O–H groups in total. The average molecular weight is 195 g/mol. The molecule has 1 aromatic rings. The van der Waals surface area contributed by atoms with Crippen LogP contribution in [0.2, 0.25) is 0 Å². The molecule has 0 saturated heterocycles. The second-order valence-electron chi connectivity index (χ2n) is 2.84. The molecule has 0 aliphatic rings. The average Bonchev–Trinajstić information content (AvgIpc) is 2.17. The Balaban J connectivity index is 2.96. The van der Waals surface area contributed by atoms with Crippen molar-refractivity contribution in [2.75, 3.05) is 12.3 Å². The van der Waals surface area contributed by atoms with E-state index in [9.17, 15) is 4.79 Å². The number of rotatable bonds is 3. The Kier molecular flexibility index (Phi) is 3.48. The van der Waals surface area contributed by atoms with Gasteiger partial charge in [-0.05, 0) is 30.7 Å². The van der Waals surface area contributed by atoms with Crippen LogP contribution >= 0.6 is 0 Å². The highest BCUT2D eigenvalue weighted by atomic mass is 16.5. The number of aliphatic hydroxyl groups excluding tert-OH is 1. The predicted molar refractivity (Wildman–Crippen MR) is 52.7 cm³/mol. The molecule has 0 atom stereocenters. The van der Waals surface area contributed by atoms with Crippen LogP contribution in [-0.2, 0) is 11.3 Å². The molecule has 76 valence electrons. The molecule has 0 heterocycles. The Morgan fingerprint density at radius 1 is 1.50 bits per heavy atom. The minimum atomic E-state index is -0.422. The van der Waals surface area contributed by atoms with Crippen LogP contribution in [0.15, 0.2) is 18.2 Å². The minimum Gasteiger partial charge on any atom is -0.462 e. The minimum absolute atomic E-state index is 0.141. The van der Waals surface area contributed by atoms with Crippen LogP contribution in [0.3, 0.4) is 0 Å². The number of ether oxygens (including phenoxy) is 1. The van der Waals surface area contributed by atoms with E-state index in [1.165, 1.54) is 6.07 Å². The van der Waals surface area contributed by atoms with Crippen molar-refractivity contribution in [3.05, 3.63) is 29.3 Å². The molecule has 4 nitrogen and oxygen atoms in total. The third-order valence-corrected chi connectivity index (χ3v) is 1.71. The Morgan fingerprint density at radius 2 is 2.21 bits per heavy atom. The first-order valence-electron chi connectivity index (χ1n) is 4.34. The highest BCUT2D eigenvalue weighted by Gasteiger charge is 2.07. The maximum atomic E-state index is 11.3. The van der Waals surface area contributed by atoms with Crippen molar-refractivity contribution < 1.29 is 14.6 Å². The van der Waals surface area contributed by atoms with Gasteiger partial charge in [-0.2, -0.15) is 0 Å². The zero-order valence-corrected chi connectivity index (χ0v) is 7.99. The quantitative estimate of drug-likeness (QED) is 0.556. The lowest BCUT2D eigenvalue weighted by atomic mass is 10.1. The topological polar surface area (TPSA) is 72.5 Å². The SMILES string of the molecule is CCOC(=O)c1cc(N)cc(CO)c1. The number of nitrogen functional groups attached to an aromatic ring is 1. The maximum absolute atomic E-state index is 11.3. The van der Waals surface area contributed by atoms with Crippen LogP contribution in [0, 0.1) is 0 Å². The number of aliphatic hydroxyl groups is 1. The van der Waals surface area contributed by atoms with E-state index in [0.29, 0.717) is 23.4 Å². The van der Waals surface area contributed by atoms with Crippen LogP contribution in [0.1, 0.15) is 22.8 Å². The molecule has 1 rings (SSSR count). The van der Waals surface area contributed by atoms with Crippen molar-refractivity contribution in [1.29, 1.82) is 0 Å². The Bertz CT molecular complexity index is 336. The lowest BCUT2D eigenvalue weighted by molar-refractivity contribution is 0.0526. The van der Waals surface area contributed by atoms with E-state index in [-0.39, 0.29) is 6.61 Å². The zero-order valence-electron chi connectivity index (χ0n) is 7.99. The zero-order chi connectivity index (χ0) is 10.6. The van der Waals surface area contributed by atoms with Crippen LogP contribution in [-0.4, -0.2) is 17.7 Å². The van der Waals surface area contributed by atoms with Gasteiger partial charge in [-0.3, -0.25) is 0 Å². The van der Waals surface area contributed by atoms with Gasteiger partial charge >= 0.3 is 5.97 Å². The molecule has 4 heteroatoms. The largest absolute Gasteiger partial charge is 0.462 e. The summed E-state index contributed by atoms with van der Waals surface area (Å²) >= 11 is 0. The van der Waals surface area contributed by atoms with E-state index < -0.39 is 5.97 Å². The van der Waals surface area contributed by atoms with Crippen molar-refractivity contribution in [3.8, 4) is 0 Å². The molecule has 0 bridgehead atoms. The van der Waals surface area contributed by atoms with Gasteiger partial charge in [-0.15, -0.1) is 0 Å². The van der Waals surface area contributed by atoms with Crippen molar-refractivity contribution in [2.45, 2.75) is 13.5 Å². The summed E-state index contributed by atoms with van der Waals surface area (Å²) in [7, 11) is 0. The second kappa shape index (κ2) is 4.62. The molecule has 0 spiro atoms. The van der Waals surface area contributed by atoms with Crippen LogP contribution in [0.5, 0.6) is 0 Å². The summed E-state index contributed by atoms with van der Waals surface area (Å²) in [4.78, 5) is 11.3. The van der Waals surface area contributed by atoms with Gasteiger partial charge in [0, 0.05) is 5.69 Å². The number of esters is 1.